The van der Waals surface area contributed by atoms with Gasteiger partial charge in [-0.2, -0.15) is 0 Å². The summed E-state index contributed by atoms with van der Waals surface area (Å²) >= 11 is 0. The van der Waals surface area contributed by atoms with Crippen LogP contribution in [0, 0.1) is 6.92 Å². The third-order valence-electron chi connectivity index (χ3n) is 6.15. The molecule has 3 heterocycles. The Morgan fingerprint density at radius 2 is 1.83 bits per heavy atom. The number of fused-ring (bicyclic) bond motifs is 1. The molecular weight excluding hydrogens is 364 g/mol. The van der Waals surface area contributed by atoms with E-state index < -0.39 is 0 Å². The van der Waals surface area contributed by atoms with Crippen molar-refractivity contribution in [3.05, 3.63) is 46.5 Å². The minimum atomic E-state index is -0.211. The van der Waals surface area contributed by atoms with Crippen LogP contribution >= 0.6 is 0 Å². The van der Waals surface area contributed by atoms with E-state index in [1.807, 2.05) is 34.6 Å². The standard InChI is InChI=1S/C23H30N4O2/c1-3-17-11-9-10-16(2)19(17)25-22(28)20-18-12-5-8-15-27(18)21(24-20)23(29)26-13-6-4-7-14-26/h9-11H,3-8,12-15H2,1-2H3,(H,25,28). The molecule has 4 rings (SSSR count). The summed E-state index contributed by atoms with van der Waals surface area (Å²) in [6, 6.07) is 6.05. The van der Waals surface area contributed by atoms with Crippen LogP contribution in [0.2, 0.25) is 0 Å². The van der Waals surface area contributed by atoms with Crippen molar-refractivity contribution in [1.82, 2.24) is 14.5 Å². The second-order valence-electron chi connectivity index (χ2n) is 8.11. The first-order valence-electron chi connectivity index (χ1n) is 10.9. The number of aryl methyl sites for hydroxylation is 2. The van der Waals surface area contributed by atoms with Crippen molar-refractivity contribution in [2.45, 2.75) is 65.3 Å². The molecule has 1 aromatic heterocycles. The zero-order valence-corrected chi connectivity index (χ0v) is 17.5. The number of anilines is 1. The average Bonchev–Trinajstić information content (AvgIpc) is 3.15. The van der Waals surface area contributed by atoms with Crippen LogP contribution in [0.25, 0.3) is 0 Å². The number of carbonyl (C=O) groups is 2. The Morgan fingerprint density at radius 1 is 1.07 bits per heavy atom. The van der Waals surface area contributed by atoms with Crippen molar-refractivity contribution in [2.75, 3.05) is 18.4 Å². The molecule has 1 fully saturated rings. The predicted octanol–water partition coefficient (Wildman–Crippen LogP) is 3.97. The van der Waals surface area contributed by atoms with E-state index in [-0.39, 0.29) is 11.8 Å². The molecule has 2 amide bonds. The fraction of sp³-hybridized carbons (Fsp3) is 0.522. The highest BCUT2D eigenvalue weighted by atomic mass is 16.2. The minimum absolute atomic E-state index is 0.0305. The minimum Gasteiger partial charge on any atom is -0.336 e. The van der Waals surface area contributed by atoms with Gasteiger partial charge in [-0.3, -0.25) is 9.59 Å². The average molecular weight is 395 g/mol. The molecule has 0 saturated carbocycles. The summed E-state index contributed by atoms with van der Waals surface area (Å²) < 4.78 is 1.99. The monoisotopic (exact) mass is 394 g/mol. The summed E-state index contributed by atoms with van der Waals surface area (Å²) in [6.45, 7) is 6.41. The molecule has 0 atom stereocenters. The highest BCUT2D eigenvalue weighted by Crippen LogP contribution is 2.26. The van der Waals surface area contributed by atoms with E-state index in [1.165, 1.54) is 6.42 Å². The lowest BCUT2D eigenvalue weighted by Gasteiger charge is -2.27. The first-order valence-corrected chi connectivity index (χ1v) is 10.9. The molecule has 6 heteroatoms. The molecule has 29 heavy (non-hydrogen) atoms. The number of nitrogens with zero attached hydrogens (tertiary/aromatic N) is 3. The summed E-state index contributed by atoms with van der Waals surface area (Å²) in [5.41, 5.74) is 4.32. The Balaban J connectivity index is 1.66. The Morgan fingerprint density at radius 3 is 2.59 bits per heavy atom. The van der Waals surface area contributed by atoms with E-state index in [4.69, 9.17) is 0 Å². The summed E-state index contributed by atoms with van der Waals surface area (Å²) in [5, 5.41) is 3.09. The number of piperidine rings is 1. The van der Waals surface area contributed by atoms with Crippen molar-refractivity contribution in [1.29, 1.82) is 0 Å². The van der Waals surface area contributed by atoms with Gasteiger partial charge in [0.2, 0.25) is 0 Å². The molecule has 0 aliphatic carbocycles. The molecule has 0 bridgehead atoms. The molecule has 0 radical (unpaired) electrons. The summed E-state index contributed by atoms with van der Waals surface area (Å²) in [5.74, 6) is 0.196. The van der Waals surface area contributed by atoms with Crippen molar-refractivity contribution >= 4 is 17.5 Å². The smallest absolute Gasteiger partial charge is 0.289 e. The zero-order valence-electron chi connectivity index (χ0n) is 17.5. The van der Waals surface area contributed by atoms with Crippen molar-refractivity contribution in [3.63, 3.8) is 0 Å². The Labute approximate surface area is 172 Å². The van der Waals surface area contributed by atoms with Crippen LogP contribution < -0.4 is 5.32 Å². The van der Waals surface area contributed by atoms with Gasteiger partial charge in [-0.25, -0.2) is 4.98 Å². The van der Waals surface area contributed by atoms with Crippen molar-refractivity contribution in [3.8, 4) is 0 Å². The summed E-state index contributed by atoms with van der Waals surface area (Å²) in [7, 11) is 0. The van der Waals surface area contributed by atoms with E-state index >= 15 is 0 Å². The van der Waals surface area contributed by atoms with Crippen LogP contribution in [0.15, 0.2) is 18.2 Å². The zero-order chi connectivity index (χ0) is 20.4. The topological polar surface area (TPSA) is 67.2 Å². The van der Waals surface area contributed by atoms with Gasteiger partial charge in [0, 0.05) is 25.3 Å². The number of aromatic nitrogens is 2. The van der Waals surface area contributed by atoms with E-state index in [0.29, 0.717) is 11.5 Å². The molecule has 2 aliphatic rings. The molecule has 2 aliphatic heterocycles. The highest BCUT2D eigenvalue weighted by molar-refractivity contribution is 6.05. The number of likely N-dealkylation sites (tertiary alicyclic amines) is 1. The second kappa shape index (κ2) is 8.39. The SMILES string of the molecule is CCc1cccc(C)c1NC(=O)c1nc(C(=O)N2CCCCC2)n2c1CCCC2. The summed E-state index contributed by atoms with van der Waals surface area (Å²) in [4.78, 5) is 32.8. The number of hydrogen-bond acceptors (Lipinski definition) is 3. The predicted molar refractivity (Wildman–Crippen MR) is 113 cm³/mol. The maximum Gasteiger partial charge on any atom is 0.289 e. The van der Waals surface area contributed by atoms with Gasteiger partial charge in [0.15, 0.2) is 11.5 Å². The Bertz CT molecular complexity index is 925. The first kappa shape index (κ1) is 19.7. The fourth-order valence-corrected chi connectivity index (χ4v) is 4.50. The van der Waals surface area contributed by atoms with Gasteiger partial charge in [0.05, 0.1) is 5.69 Å². The lowest BCUT2D eigenvalue weighted by atomic mass is 10.0. The molecular formula is C23H30N4O2. The third-order valence-corrected chi connectivity index (χ3v) is 6.15. The highest BCUT2D eigenvalue weighted by Gasteiger charge is 2.30. The van der Waals surface area contributed by atoms with Crippen molar-refractivity contribution < 1.29 is 9.59 Å². The molecule has 0 unspecified atom stereocenters. The number of carbonyl (C=O) groups excluding carboxylic acids is 2. The number of amides is 2. The maximum absolute atomic E-state index is 13.2. The normalized spacial score (nSPS) is 16.4. The number of hydrogen-bond donors (Lipinski definition) is 1. The number of rotatable bonds is 4. The quantitative estimate of drug-likeness (QED) is 0.853. The molecule has 2 aromatic rings. The fourth-order valence-electron chi connectivity index (χ4n) is 4.50. The van der Waals surface area contributed by atoms with E-state index in [9.17, 15) is 9.59 Å². The molecule has 1 aromatic carbocycles. The number of benzene rings is 1. The van der Waals surface area contributed by atoms with Gasteiger partial charge in [0.25, 0.3) is 11.8 Å². The largest absolute Gasteiger partial charge is 0.336 e. The molecule has 1 N–H and O–H groups in total. The van der Waals surface area contributed by atoms with Crippen LogP contribution in [0.3, 0.4) is 0 Å². The molecule has 0 spiro atoms. The van der Waals surface area contributed by atoms with Gasteiger partial charge < -0.3 is 14.8 Å². The van der Waals surface area contributed by atoms with Gasteiger partial charge >= 0.3 is 0 Å². The van der Waals surface area contributed by atoms with E-state index in [0.717, 1.165) is 80.7 Å². The van der Waals surface area contributed by atoms with Gasteiger partial charge in [-0.15, -0.1) is 0 Å². The van der Waals surface area contributed by atoms with Crippen LogP contribution in [0.1, 0.15) is 77.0 Å². The number of nitrogens with one attached hydrogen (secondary N) is 1. The van der Waals surface area contributed by atoms with E-state index in [1.54, 1.807) is 0 Å². The second-order valence-corrected chi connectivity index (χ2v) is 8.11. The Hall–Kier alpha value is -2.63. The van der Waals surface area contributed by atoms with Crippen LogP contribution in [-0.4, -0.2) is 39.4 Å². The van der Waals surface area contributed by atoms with Gasteiger partial charge in [0.1, 0.15) is 0 Å². The molecule has 6 nitrogen and oxygen atoms in total. The van der Waals surface area contributed by atoms with Crippen LogP contribution in [0.5, 0.6) is 0 Å². The van der Waals surface area contributed by atoms with E-state index in [2.05, 4.69) is 17.2 Å². The number of imidazole rings is 1. The number of para-hydroxylation sites is 1. The van der Waals surface area contributed by atoms with Crippen LogP contribution in [0.4, 0.5) is 5.69 Å². The summed E-state index contributed by atoms with van der Waals surface area (Å²) in [6.07, 6.45) is 6.93. The maximum atomic E-state index is 13.2. The van der Waals surface area contributed by atoms with Gasteiger partial charge in [-0.05, 0) is 63.0 Å². The Kier molecular flexibility index (Phi) is 5.69. The molecule has 154 valence electrons. The first-order chi connectivity index (χ1) is 14.1. The lowest BCUT2D eigenvalue weighted by Crippen LogP contribution is -2.37. The third kappa shape index (κ3) is 3.80. The van der Waals surface area contributed by atoms with Crippen molar-refractivity contribution in [2.24, 2.45) is 0 Å². The van der Waals surface area contributed by atoms with Gasteiger partial charge in [-0.1, -0.05) is 25.1 Å². The molecule has 1 saturated heterocycles. The van der Waals surface area contributed by atoms with Crippen LogP contribution in [-0.2, 0) is 19.4 Å². The lowest BCUT2D eigenvalue weighted by molar-refractivity contribution is 0.0705.